The van der Waals surface area contributed by atoms with Crippen LogP contribution in [-0.4, -0.2) is 17.0 Å². The van der Waals surface area contributed by atoms with Gasteiger partial charge >= 0.3 is 0 Å². The van der Waals surface area contributed by atoms with E-state index >= 15 is 0 Å². The van der Waals surface area contributed by atoms with Gasteiger partial charge in [0.2, 0.25) is 0 Å². The SMILES string of the molecule is C[C@@]1(O)NC=C[C@H]2CCC[C@@H](F)C21. The molecule has 1 heterocycles. The van der Waals surface area contributed by atoms with Crippen molar-refractivity contribution in [2.24, 2.45) is 11.8 Å². The van der Waals surface area contributed by atoms with Crippen LogP contribution in [0.25, 0.3) is 0 Å². The summed E-state index contributed by atoms with van der Waals surface area (Å²) in [6.07, 6.45) is 5.38. The van der Waals surface area contributed by atoms with Gasteiger partial charge in [0.05, 0.1) is 0 Å². The van der Waals surface area contributed by atoms with Crippen LogP contribution in [0.2, 0.25) is 0 Å². The molecule has 0 spiro atoms. The molecular formula is C10H16FNO. The Balaban J connectivity index is 2.24. The Labute approximate surface area is 77.8 Å². The third kappa shape index (κ3) is 1.46. The zero-order chi connectivity index (χ0) is 9.47. The second-order valence-electron chi connectivity index (χ2n) is 4.29. The summed E-state index contributed by atoms with van der Waals surface area (Å²) in [6, 6.07) is 0. The quantitative estimate of drug-likeness (QED) is 0.600. The average Bonchev–Trinajstić information content (AvgIpc) is 2.02. The summed E-state index contributed by atoms with van der Waals surface area (Å²) in [5, 5.41) is 12.8. The van der Waals surface area contributed by atoms with E-state index in [-0.39, 0.29) is 11.8 Å². The van der Waals surface area contributed by atoms with Crippen molar-refractivity contribution in [1.82, 2.24) is 5.32 Å². The number of alkyl halides is 1. The van der Waals surface area contributed by atoms with Crippen LogP contribution >= 0.6 is 0 Å². The van der Waals surface area contributed by atoms with Crippen molar-refractivity contribution in [2.45, 2.75) is 38.1 Å². The number of halogens is 1. The Morgan fingerprint density at radius 2 is 2.31 bits per heavy atom. The standard InChI is InChI=1S/C10H16FNO/c1-10(13)9-7(5-6-12-10)3-2-4-8(9)11/h5-9,12-13H,2-4H2,1H3/t7-,8-,9?,10+/m1/s1. The zero-order valence-corrected chi connectivity index (χ0v) is 7.83. The molecule has 2 N–H and O–H groups in total. The Kier molecular flexibility index (Phi) is 2.06. The number of rotatable bonds is 0. The van der Waals surface area contributed by atoms with Crippen LogP contribution in [0.4, 0.5) is 4.39 Å². The Bertz CT molecular complexity index is 227. The summed E-state index contributed by atoms with van der Waals surface area (Å²) in [5.74, 6) is -0.0637. The number of fused-ring (bicyclic) bond motifs is 1. The molecule has 2 nitrogen and oxygen atoms in total. The molecular weight excluding hydrogens is 169 g/mol. The van der Waals surface area contributed by atoms with Crippen molar-refractivity contribution in [3.63, 3.8) is 0 Å². The molecule has 2 aliphatic rings. The summed E-state index contributed by atoms with van der Waals surface area (Å²) in [6.45, 7) is 1.66. The maximum absolute atomic E-state index is 13.6. The van der Waals surface area contributed by atoms with Crippen molar-refractivity contribution >= 4 is 0 Å². The summed E-state index contributed by atoms with van der Waals surface area (Å²) in [5.41, 5.74) is -1.07. The van der Waals surface area contributed by atoms with Crippen LogP contribution in [-0.2, 0) is 0 Å². The molecule has 0 bridgehead atoms. The van der Waals surface area contributed by atoms with E-state index < -0.39 is 11.9 Å². The minimum Gasteiger partial charge on any atom is -0.371 e. The minimum absolute atomic E-state index is 0.208. The van der Waals surface area contributed by atoms with Gasteiger partial charge in [-0.05, 0) is 38.3 Å². The van der Waals surface area contributed by atoms with E-state index in [1.807, 2.05) is 6.08 Å². The first kappa shape index (κ1) is 9.00. The van der Waals surface area contributed by atoms with Crippen LogP contribution in [0, 0.1) is 11.8 Å². The van der Waals surface area contributed by atoms with E-state index in [2.05, 4.69) is 5.32 Å². The van der Waals surface area contributed by atoms with Crippen LogP contribution in [0.15, 0.2) is 12.3 Å². The lowest BCUT2D eigenvalue weighted by Gasteiger charge is -2.44. The van der Waals surface area contributed by atoms with Gasteiger partial charge in [0.15, 0.2) is 0 Å². The third-order valence-electron chi connectivity index (χ3n) is 3.24. The van der Waals surface area contributed by atoms with Gasteiger partial charge < -0.3 is 10.4 Å². The van der Waals surface area contributed by atoms with Crippen molar-refractivity contribution in [3.05, 3.63) is 12.3 Å². The largest absolute Gasteiger partial charge is 0.371 e. The molecule has 4 atom stereocenters. The number of hydrogen-bond acceptors (Lipinski definition) is 2. The first-order chi connectivity index (χ1) is 6.11. The number of hydrogen-bond donors (Lipinski definition) is 2. The highest BCUT2D eigenvalue weighted by Crippen LogP contribution is 2.40. The predicted molar refractivity (Wildman–Crippen MR) is 48.6 cm³/mol. The number of allylic oxidation sites excluding steroid dienone is 1. The van der Waals surface area contributed by atoms with Crippen LogP contribution < -0.4 is 5.32 Å². The second kappa shape index (κ2) is 2.98. The van der Waals surface area contributed by atoms with Crippen molar-refractivity contribution in [3.8, 4) is 0 Å². The molecule has 3 heteroatoms. The smallest absolute Gasteiger partial charge is 0.138 e. The highest BCUT2D eigenvalue weighted by atomic mass is 19.1. The molecule has 0 aromatic carbocycles. The average molecular weight is 185 g/mol. The molecule has 1 unspecified atom stereocenters. The topological polar surface area (TPSA) is 32.3 Å². The van der Waals surface area contributed by atoms with Crippen LogP contribution in [0.5, 0.6) is 0 Å². The molecule has 1 aliphatic carbocycles. The maximum Gasteiger partial charge on any atom is 0.138 e. The van der Waals surface area contributed by atoms with E-state index in [0.29, 0.717) is 6.42 Å². The molecule has 0 aromatic rings. The third-order valence-corrected chi connectivity index (χ3v) is 3.24. The van der Waals surface area contributed by atoms with Crippen molar-refractivity contribution in [1.29, 1.82) is 0 Å². The van der Waals surface area contributed by atoms with Gasteiger partial charge in [0.1, 0.15) is 11.9 Å². The van der Waals surface area contributed by atoms with E-state index in [4.69, 9.17) is 0 Å². The number of nitrogens with one attached hydrogen (secondary N) is 1. The Morgan fingerprint density at radius 3 is 3.00 bits per heavy atom. The summed E-state index contributed by atoms with van der Waals surface area (Å²) in [7, 11) is 0. The second-order valence-corrected chi connectivity index (χ2v) is 4.29. The first-order valence-electron chi connectivity index (χ1n) is 4.92. The Morgan fingerprint density at radius 1 is 1.54 bits per heavy atom. The fourth-order valence-corrected chi connectivity index (χ4v) is 2.60. The molecule has 0 amide bonds. The lowest BCUT2D eigenvalue weighted by Crippen LogP contribution is -2.55. The predicted octanol–water partition coefficient (Wildman–Crippen LogP) is 1.57. The van der Waals surface area contributed by atoms with Crippen LogP contribution in [0.1, 0.15) is 26.2 Å². The van der Waals surface area contributed by atoms with Gasteiger partial charge in [-0.25, -0.2) is 4.39 Å². The fraction of sp³-hybridized carbons (Fsp3) is 0.800. The lowest BCUT2D eigenvalue weighted by molar-refractivity contribution is -0.0893. The molecule has 0 aromatic heterocycles. The fourth-order valence-electron chi connectivity index (χ4n) is 2.60. The first-order valence-corrected chi connectivity index (χ1v) is 4.92. The van der Waals surface area contributed by atoms with Crippen LogP contribution in [0.3, 0.4) is 0 Å². The lowest BCUT2D eigenvalue weighted by atomic mass is 9.71. The van der Waals surface area contributed by atoms with Gasteiger partial charge in [-0.15, -0.1) is 0 Å². The molecule has 0 radical (unpaired) electrons. The number of aliphatic hydroxyl groups is 1. The highest BCUT2D eigenvalue weighted by Gasteiger charge is 2.45. The monoisotopic (exact) mass is 185 g/mol. The van der Waals surface area contributed by atoms with Crippen molar-refractivity contribution in [2.75, 3.05) is 0 Å². The molecule has 0 saturated heterocycles. The molecule has 74 valence electrons. The normalized spacial score (nSPS) is 49.6. The summed E-state index contributed by atoms with van der Waals surface area (Å²) >= 11 is 0. The van der Waals surface area contributed by atoms with Crippen molar-refractivity contribution < 1.29 is 9.50 Å². The van der Waals surface area contributed by atoms with E-state index in [1.54, 1.807) is 13.1 Å². The molecule has 1 fully saturated rings. The van der Waals surface area contributed by atoms with Gasteiger partial charge in [-0.1, -0.05) is 6.08 Å². The van der Waals surface area contributed by atoms with Gasteiger partial charge in [-0.2, -0.15) is 0 Å². The van der Waals surface area contributed by atoms with E-state index in [1.165, 1.54) is 0 Å². The summed E-state index contributed by atoms with van der Waals surface area (Å²) < 4.78 is 13.6. The van der Waals surface area contributed by atoms with E-state index in [0.717, 1.165) is 12.8 Å². The minimum atomic E-state index is -1.07. The Hall–Kier alpha value is -0.570. The molecule has 13 heavy (non-hydrogen) atoms. The van der Waals surface area contributed by atoms with E-state index in [9.17, 15) is 9.50 Å². The highest BCUT2D eigenvalue weighted by molar-refractivity contribution is 5.07. The molecule has 1 saturated carbocycles. The van der Waals surface area contributed by atoms with Gasteiger partial charge in [0.25, 0.3) is 0 Å². The summed E-state index contributed by atoms with van der Waals surface area (Å²) in [4.78, 5) is 0. The maximum atomic E-state index is 13.6. The molecule has 1 aliphatic heterocycles. The van der Waals surface area contributed by atoms with Gasteiger partial charge in [0, 0.05) is 5.92 Å². The zero-order valence-electron chi connectivity index (χ0n) is 7.83. The molecule has 2 rings (SSSR count). The van der Waals surface area contributed by atoms with Gasteiger partial charge in [-0.3, -0.25) is 0 Å².